The number of unbranched alkanes of at least 4 members (excludes halogenated alkanes) is 15. The summed E-state index contributed by atoms with van der Waals surface area (Å²) in [7, 11) is 0. The smallest absolute Gasteiger partial charge is 0.320 e. The summed E-state index contributed by atoms with van der Waals surface area (Å²) in [5.74, 6) is -0.658. The van der Waals surface area contributed by atoms with E-state index >= 15 is 0 Å². The Balaban J connectivity index is 2.08. The van der Waals surface area contributed by atoms with Gasteiger partial charge in [-0.25, -0.2) is 0 Å². The molecule has 0 aliphatic carbocycles. The summed E-state index contributed by atoms with van der Waals surface area (Å²) in [6, 6.07) is -0.381. The second-order valence-corrected chi connectivity index (χ2v) is 11.5. The number of carboxylic acid groups (broad SMARTS) is 1. The number of carboxylic acids is 1. The molecule has 4 heteroatoms. The van der Waals surface area contributed by atoms with Crippen LogP contribution in [0, 0.1) is 0 Å². The lowest BCUT2D eigenvalue weighted by atomic mass is 9.85. The first-order chi connectivity index (χ1) is 15.2. The molecule has 1 aliphatic rings. The summed E-state index contributed by atoms with van der Waals surface area (Å²) in [5, 5.41) is 13.4. The number of hydrogen-bond donors (Lipinski definition) is 2. The van der Waals surface area contributed by atoms with Crippen molar-refractivity contribution in [3.8, 4) is 0 Å². The molecule has 1 saturated heterocycles. The SMILES string of the molecule is CCCCCCCCCCCCCCCCCCC(C(=O)O)N1C(C)(C)CNCC1(C)C. The molecule has 1 atom stereocenters. The molecule has 1 unspecified atom stereocenters. The van der Waals surface area contributed by atoms with Gasteiger partial charge in [-0.3, -0.25) is 9.69 Å². The van der Waals surface area contributed by atoms with Crippen LogP contribution < -0.4 is 5.32 Å². The van der Waals surface area contributed by atoms with E-state index in [9.17, 15) is 9.90 Å². The van der Waals surface area contributed by atoms with E-state index in [1.165, 1.54) is 89.9 Å². The molecule has 1 aliphatic heterocycles. The zero-order chi connectivity index (χ0) is 23.9. The molecule has 4 nitrogen and oxygen atoms in total. The summed E-state index contributed by atoms with van der Waals surface area (Å²) in [6.07, 6.45) is 22.4. The number of hydrogen-bond acceptors (Lipinski definition) is 3. The second-order valence-electron chi connectivity index (χ2n) is 11.5. The van der Waals surface area contributed by atoms with Gasteiger partial charge in [0.25, 0.3) is 0 Å². The van der Waals surface area contributed by atoms with Gasteiger partial charge in [0.1, 0.15) is 6.04 Å². The van der Waals surface area contributed by atoms with Crippen molar-refractivity contribution in [1.29, 1.82) is 0 Å². The fourth-order valence-electron chi connectivity index (χ4n) is 5.76. The summed E-state index contributed by atoms with van der Waals surface area (Å²) < 4.78 is 0. The molecule has 0 bridgehead atoms. The van der Waals surface area contributed by atoms with E-state index < -0.39 is 5.97 Å². The van der Waals surface area contributed by atoms with Gasteiger partial charge in [-0.1, -0.05) is 110 Å². The Hall–Kier alpha value is -0.610. The molecule has 2 N–H and O–H groups in total. The van der Waals surface area contributed by atoms with Crippen LogP contribution in [0.15, 0.2) is 0 Å². The van der Waals surface area contributed by atoms with Gasteiger partial charge in [0, 0.05) is 24.2 Å². The normalized spacial score (nSPS) is 19.2. The van der Waals surface area contributed by atoms with E-state index in [0.717, 1.165) is 32.4 Å². The molecule has 32 heavy (non-hydrogen) atoms. The monoisotopic (exact) mass is 452 g/mol. The zero-order valence-electron chi connectivity index (χ0n) is 22.3. The third-order valence-electron chi connectivity index (χ3n) is 7.35. The average Bonchev–Trinajstić information content (AvgIpc) is 2.70. The van der Waals surface area contributed by atoms with Crippen molar-refractivity contribution in [3.05, 3.63) is 0 Å². The quantitative estimate of drug-likeness (QED) is 0.199. The molecule has 1 heterocycles. The first-order valence-electron chi connectivity index (χ1n) is 14.0. The van der Waals surface area contributed by atoms with E-state index in [-0.39, 0.29) is 17.1 Å². The fraction of sp³-hybridized carbons (Fsp3) is 0.964. The van der Waals surface area contributed by atoms with Crippen molar-refractivity contribution in [2.24, 2.45) is 0 Å². The predicted molar refractivity (Wildman–Crippen MR) is 138 cm³/mol. The minimum absolute atomic E-state index is 0.139. The van der Waals surface area contributed by atoms with Gasteiger partial charge >= 0.3 is 5.97 Å². The van der Waals surface area contributed by atoms with Crippen molar-refractivity contribution in [2.75, 3.05) is 13.1 Å². The summed E-state index contributed by atoms with van der Waals surface area (Å²) >= 11 is 0. The van der Waals surface area contributed by atoms with E-state index in [1.807, 2.05) is 0 Å². The van der Waals surface area contributed by atoms with Crippen LogP contribution in [0.3, 0.4) is 0 Å². The van der Waals surface area contributed by atoms with Crippen molar-refractivity contribution in [1.82, 2.24) is 10.2 Å². The average molecular weight is 453 g/mol. The number of piperazine rings is 1. The van der Waals surface area contributed by atoms with Crippen LogP contribution in [0.25, 0.3) is 0 Å². The minimum Gasteiger partial charge on any atom is -0.480 e. The Kier molecular flexibility index (Phi) is 14.8. The van der Waals surface area contributed by atoms with Crippen LogP contribution in [0.4, 0.5) is 0 Å². The van der Waals surface area contributed by atoms with E-state index in [1.54, 1.807) is 0 Å². The second kappa shape index (κ2) is 16.1. The maximum atomic E-state index is 12.1. The largest absolute Gasteiger partial charge is 0.480 e. The van der Waals surface area contributed by atoms with Gasteiger partial charge in [0.05, 0.1) is 0 Å². The van der Waals surface area contributed by atoms with Gasteiger partial charge in [0.15, 0.2) is 0 Å². The Morgan fingerprint density at radius 3 is 1.41 bits per heavy atom. The minimum atomic E-state index is -0.658. The van der Waals surface area contributed by atoms with Gasteiger partial charge in [-0.05, 0) is 34.1 Å². The molecular weight excluding hydrogens is 396 g/mol. The van der Waals surface area contributed by atoms with Gasteiger partial charge < -0.3 is 10.4 Å². The van der Waals surface area contributed by atoms with Gasteiger partial charge in [0.2, 0.25) is 0 Å². The molecule has 0 aromatic heterocycles. The lowest BCUT2D eigenvalue weighted by Crippen LogP contribution is -2.71. The maximum Gasteiger partial charge on any atom is 0.320 e. The molecule has 0 aromatic rings. The number of nitrogens with zero attached hydrogens (tertiary/aromatic N) is 1. The van der Waals surface area contributed by atoms with Crippen molar-refractivity contribution >= 4 is 5.97 Å². The lowest BCUT2D eigenvalue weighted by molar-refractivity contribution is -0.153. The third-order valence-corrected chi connectivity index (χ3v) is 7.35. The number of carbonyl (C=O) groups is 1. The van der Waals surface area contributed by atoms with Crippen LogP contribution in [0.1, 0.15) is 144 Å². The maximum absolute atomic E-state index is 12.1. The molecule has 0 spiro atoms. The topological polar surface area (TPSA) is 52.6 Å². The highest BCUT2D eigenvalue weighted by molar-refractivity contribution is 5.73. The van der Waals surface area contributed by atoms with E-state index in [4.69, 9.17) is 0 Å². The first kappa shape index (κ1) is 29.4. The number of aliphatic carboxylic acids is 1. The van der Waals surface area contributed by atoms with Crippen LogP contribution in [0.2, 0.25) is 0 Å². The molecule has 1 fully saturated rings. The number of nitrogens with one attached hydrogen (secondary N) is 1. The molecule has 0 radical (unpaired) electrons. The molecule has 190 valence electrons. The van der Waals surface area contributed by atoms with Gasteiger partial charge in [-0.15, -0.1) is 0 Å². The Morgan fingerprint density at radius 1 is 0.719 bits per heavy atom. The number of rotatable bonds is 19. The predicted octanol–water partition coefficient (Wildman–Crippen LogP) is 7.55. The highest BCUT2D eigenvalue weighted by Gasteiger charge is 2.47. The van der Waals surface area contributed by atoms with Crippen molar-refractivity contribution in [2.45, 2.75) is 161 Å². The van der Waals surface area contributed by atoms with E-state index in [0.29, 0.717) is 0 Å². The standard InChI is InChI=1S/C28H56N2O2/c1-6-7-8-9-10-11-12-13-14-15-16-17-18-19-20-21-22-25(26(31)32)30-27(2,3)23-29-24-28(30,4)5/h25,29H,6-24H2,1-5H3,(H,31,32). The molecule has 0 saturated carbocycles. The van der Waals surface area contributed by atoms with Crippen molar-refractivity contribution in [3.63, 3.8) is 0 Å². The summed E-state index contributed by atoms with van der Waals surface area (Å²) in [4.78, 5) is 14.4. The highest BCUT2D eigenvalue weighted by atomic mass is 16.4. The Bertz CT molecular complexity index is 474. The van der Waals surface area contributed by atoms with Crippen LogP contribution in [0.5, 0.6) is 0 Å². The summed E-state index contributed by atoms with van der Waals surface area (Å²) in [6.45, 7) is 12.7. The highest BCUT2D eigenvalue weighted by Crippen LogP contribution is 2.32. The van der Waals surface area contributed by atoms with Crippen LogP contribution in [-0.2, 0) is 4.79 Å². The van der Waals surface area contributed by atoms with E-state index in [2.05, 4.69) is 44.8 Å². The lowest BCUT2D eigenvalue weighted by Gasteiger charge is -2.55. The molecule has 0 aromatic carbocycles. The molecule has 1 rings (SSSR count). The Labute approximate surface area is 200 Å². The third kappa shape index (κ3) is 11.5. The zero-order valence-corrected chi connectivity index (χ0v) is 22.3. The molecular formula is C28H56N2O2. The van der Waals surface area contributed by atoms with Crippen LogP contribution >= 0.6 is 0 Å². The van der Waals surface area contributed by atoms with Crippen molar-refractivity contribution < 1.29 is 9.90 Å². The Morgan fingerprint density at radius 2 is 1.06 bits per heavy atom. The van der Waals surface area contributed by atoms with Crippen LogP contribution in [-0.4, -0.2) is 46.2 Å². The summed E-state index contributed by atoms with van der Waals surface area (Å²) in [5.41, 5.74) is -0.278. The molecule has 0 amide bonds. The fourth-order valence-corrected chi connectivity index (χ4v) is 5.76. The van der Waals surface area contributed by atoms with Gasteiger partial charge in [-0.2, -0.15) is 0 Å². The first-order valence-corrected chi connectivity index (χ1v) is 14.0.